The molecule has 0 unspecified atom stereocenters. The summed E-state index contributed by atoms with van der Waals surface area (Å²) in [4.78, 5) is 8.87. The Balaban J connectivity index is 2.56. The van der Waals surface area contributed by atoms with Gasteiger partial charge in [0.15, 0.2) is 5.82 Å². The van der Waals surface area contributed by atoms with E-state index in [1.165, 1.54) is 0 Å². The number of hydrogen-bond acceptors (Lipinski definition) is 2. The number of hydrogen-bond donors (Lipinski definition) is 0. The first-order valence-electron chi connectivity index (χ1n) is 5.78. The van der Waals surface area contributed by atoms with Gasteiger partial charge in [-0.25, -0.2) is 9.97 Å². The van der Waals surface area contributed by atoms with Crippen LogP contribution >= 0.6 is 39.1 Å². The van der Waals surface area contributed by atoms with Crippen LogP contribution in [0.2, 0.25) is 10.2 Å². The molecule has 5 heteroatoms. The van der Waals surface area contributed by atoms with Gasteiger partial charge in [-0.2, -0.15) is 0 Å². The molecule has 0 bridgehead atoms. The van der Waals surface area contributed by atoms with Crippen molar-refractivity contribution in [3.05, 3.63) is 44.6 Å². The number of aromatic nitrogens is 2. The molecular weight excluding hydrogens is 347 g/mol. The van der Waals surface area contributed by atoms with Crippen LogP contribution < -0.4 is 0 Å². The Morgan fingerprint density at radius 3 is 2.32 bits per heavy atom. The lowest BCUT2D eigenvalue weighted by Gasteiger charge is -2.18. The molecule has 0 aliphatic carbocycles. The molecular formula is C14H13BrCl2N2. The standard InChI is InChI=1S/C14H13BrCl2N2/c1-14(2,3)11-7-12(17)19-13(18-11)8-4-5-10(16)9(15)6-8/h4-7H,1-3H3. The fraction of sp³-hybridized carbons (Fsp3) is 0.286. The summed E-state index contributed by atoms with van der Waals surface area (Å²) in [6, 6.07) is 7.38. The molecule has 2 nitrogen and oxygen atoms in total. The van der Waals surface area contributed by atoms with E-state index in [1.54, 1.807) is 6.07 Å². The van der Waals surface area contributed by atoms with E-state index in [4.69, 9.17) is 23.2 Å². The fourth-order valence-corrected chi connectivity index (χ4v) is 2.25. The summed E-state index contributed by atoms with van der Waals surface area (Å²) in [5.41, 5.74) is 1.71. The number of halogens is 3. The Hall–Kier alpha value is -0.640. The van der Waals surface area contributed by atoms with Crippen LogP contribution in [-0.2, 0) is 5.41 Å². The minimum absolute atomic E-state index is 0.0784. The van der Waals surface area contributed by atoms with Crippen LogP contribution in [0.25, 0.3) is 11.4 Å². The molecule has 0 saturated carbocycles. The maximum absolute atomic E-state index is 6.09. The van der Waals surface area contributed by atoms with Crippen molar-refractivity contribution in [1.29, 1.82) is 0 Å². The van der Waals surface area contributed by atoms with Crippen molar-refractivity contribution in [1.82, 2.24) is 9.97 Å². The molecule has 1 heterocycles. The number of rotatable bonds is 1. The lowest BCUT2D eigenvalue weighted by Crippen LogP contribution is -2.14. The molecule has 0 aliphatic heterocycles. The van der Waals surface area contributed by atoms with Crippen LogP contribution in [0.1, 0.15) is 26.5 Å². The van der Waals surface area contributed by atoms with Crippen LogP contribution in [0.5, 0.6) is 0 Å². The maximum Gasteiger partial charge on any atom is 0.161 e. The van der Waals surface area contributed by atoms with Gasteiger partial charge in [-0.3, -0.25) is 0 Å². The van der Waals surface area contributed by atoms with Gasteiger partial charge in [0, 0.05) is 15.5 Å². The molecule has 0 radical (unpaired) electrons. The molecule has 19 heavy (non-hydrogen) atoms. The van der Waals surface area contributed by atoms with Crippen molar-refractivity contribution in [2.45, 2.75) is 26.2 Å². The van der Waals surface area contributed by atoms with Crippen molar-refractivity contribution < 1.29 is 0 Å². The maximum atomic E-state index is 6.09. The van der Waals surface area contributed by atoms with E-state index in [9.17, 15) is 0 Å². The first-order valence-corrected chi connectivity index (χ1v) is 7.33. The first kappa shape index (κ1) is 14.8. The Labute approximate surface area is 131 Å². The average Bonchev–Trinajstić information content (AvgIpc) is 2.31. The molecule has 0 atom stereocenters. The zero-order valence-corrected chi connectivity index (χ0v) is 13.9. The molecule has 0 spiro atoms. The molecule has 100 valence electrons. The molecule has 0 N–H and O–H groups in total. The monoisotopic (exact) mass is 358 g/mol. The zero-order chi connectivity index (χ0) is 14.2. The summed E-state index contributed by atoms with van der Waals surface area (Å²) < 4.78 is 0.813. The molecule has 0 amide bonds. The highest BCUT2D eigenvalue weighted by atomic mass is 79.9. The average molecular weight is 360 g/mol. The van der Waals surface area contributed by atoms with Crippen LogP contribution in [-0.4, -0.2) is 9.97 Å². The Morgan fingerprint density at radius 1 is 1.05 bits per heavy atom. The third-order valence-corrected chi connectivity index (χ3v) is 4.05. The van der Waals surface area contributed by atoms with Crippen molar-refractivity contribution >= 4 is 39.1 Å². The molecule has 0 aliphatic rings. The second-order valence-corrected chi connectivity index (χ2v) is 6.93. The topological polar surface area (TPSA) is 25.8 Å². The SMILES string of the molecule is CC(C)(C)c1cc(Cl)nc(-c2ccc(Cl)c(Br)c2)n1. The largest absolute Gasteiger partial charge is 0.232 e. The smallest absolute Gasteiger partial charge is 0.161 e. The highest BCUT2D eigenvalue weighted by Crippen LogP contribution is 2.29. The quantitative estimate of drug-likeness (QED) is 0.627. The summed E-state index contributed by atoms with van der Waals surface area (Å²) in [5, 5.41) is 1.10. The van der Waals surface area contributed by atoms with Gasteiger partial charge in [-0.05, 0) is 40.2 Å². The summed E-state index contributed by atoms with van der Waals surface area (Å²) >= 11 is 15.5. The van der Waals surface area contributed by atoms with Gasteiger partial charge in [0.25, 0.3) is 0 Å². The van der Waals surface area contributed by atoms with E-state index in [2.05, 4.69) is 46.7 Å². The highest BCUT2D eigenvalue weighted by molar-refractivity contribution is 9.10. The van der Waals surface area contributed by atoms with E-state index in [1.807, 2.05) is 18.2 Å². The van der Waals surface area contributed by atoms with Gasteiger partial charge in [0.1, 0.15) is 5.15 Å². The van der Waals surface area contributed by atoms with E-state index in [-0.39, 0.29) is 5.41 Å². The molecule has 2 rings (SSSR count). The van der Waals surface area contributed by atoms with Crippen molar-refractivity contribution in [3.63, 3.8) is 0 Å². The van der Waals surface area contributed by atoms with Crippen LogP contribution in [0.15, 0.2) is 28.7 Å². The first-order chi connectivity index (χ1) is 8.77. The van der Waals surface area contributed by atoms with Gasteiger partial charge in [0.05, 0.1) is 10.7 Å². The van der Waals surface area contributed by atoms with Gasteiger partial charge >= 0.3 is 0 Å². The normalized spacial score (nSPS) is 11.7. The summed E-state index contributed by atoms with van der Waals surface area (Å²) in [6.45, 7) is 6.27. The third kappa shape index (κ3) is 3.47. The van der Waals surface area contributed by atoms with Crippen LogP contribution in [0.3, 0.4) is 0 Å². The summed E-state index contributed by atoms with van der Waals surface area (Å²) in [5.74, 6) is 0.606. The second-order valence-electron chi connectivity index (χ2n) is 5.28. The predicted molar refractivity (Wildman–Crippen MR) is 83.9 cm³/mol. The van der Waals surface area contributed by atoms with Gasteiger partial charge in [-0.15, -0.1) is 0 Å². The van der Waals surface area contributed by atoms with Gasteiger partial charge in [-0.1, -0.05) is 44.0 Å². The van der Waals surface area contributed by atoms with E-state index < -0.39 is 0 Å². The fourth-order valence-electron chi connectivity index (χ4n) is 1.57. The van der Waals surface area contributed by atoms with E-state index >= 15 is 0 Å². The Kier molecular flexibility index (Phi) is 4.19. The number of benzene rings is 1. The minimum Gasteiger partial charge on any atom is -0.232 e. The van der Waals surface area contributed by atoms with E-state index in [0.29, 0.717) is 16.0 Å². The summed E-state index contributed by atoms with van der Waals surface area (Å²) in [7, 11) is 0. The van der Waals surface area contributed by atoms with Crippen molar-refractivity contribution in [3.8, 4) is 11.4 Å². The molecule has 1 aromatic heterocycles. The molecule has 0 saturated heterocycles. The Morgan fingerprint density at radius 2 is 1.74 bits per heavy atom. The zero-order valence-electron chi connectivity index (χ0n) is 10.8. The van der Waals surface area contributed by atoms with E-state index in [0.717, 1.165) is 15.7 Å². The second kappa shape index (κ2) is 5.39. The van der Waals surface area contributed by atoms with Crippen LogP contribution in [0.4, 0.5) is 0 Å². The van der Waals surface area contributed by atoms with Crippen molar-refractivity contribution in [2.75, 3.05) is 0 Å². The Bertz CT molecular complexity index is 621. The molecule has 2 aromatic rings. The third-order valence-electron chi connectivity index (χ3n) is 2.64. The lowest BCUT2D eigenvalue weighted by molar-refractivity contribution is 0.568. The highest BCUT2D eigenvalue weighted by Gasteiger charge is 2.18. The van der Waals surface area contributed by atoms with Crippen LogP contribution in [0, 0.1) is 0 Å². The minimum atomic E-state index is -0.0784. The summed E-state index contributed by atoms with van der Waals surface area (Å²) in [6.07, 6.45) is 0. The lowest BCUT2D eigenvalue weighted by atomic mass is 9.92. The van der Waals surface area contributed by atoms with Crippen molar-refractivity contribution in [2.24, 2.45) is 0 Å². The number of nitrogens with zero attached hydrogens (tertiary/aromatic N) is 2. The predicted octanol–water partition coefficient (Wildman–Crippen LogP) is 5.51. The van der Waals surface area contributed by atoms with Gasteiger partial charge in [0.2, 0.25) is 0 Å². The van der Waals surface area contributed by atoms with Gasteiger partial charge < -0.3 is 0 Å². The molecule has 0 fully saturated rings. The molecule has 1 aromatic carbocycles.